The zero-order valence-corrected chi connectivity index (χ0v) is 10.8. The molecule has 5 nitrogen and oxygen atoms in total. The van der Waals surface area contributed by atoms with Crippen molar-refractivity contribution in [2.75, 3.05) is 25.1 Å². The van der Waals surface area contributed by atoms with Crippen molar-refractivity contribution in [3.8, 4) is 0 Å². The number of hydrogen-bond acceptors (Lipinski definition) is 4. The molecule has 0 bridgehead atoms. The van der Waals surface area contributed by atoms with Gasteiger partial charge in [0.25, 0.3) is 0 Å². The number of halogens is 1. The lowest BCUT2D eigenvalue weighted by Crippen LogP contribution is -2.30. The van der Waals surface area contributed by atoms with E-state index < -0.39 is 5.82 Å². The standard InChI is InChI=1S/C13H18FN3O2/c1-17(8-10-3-2-6-19-10)12-5-4-9(14)7-11(12)13(15)16-18/h4-5,7,10,18H,2-3,6,8H2,1H3,(H2,15,16). The average molecular weight is 267 g/mol. The number of ether oxygens (including phenoxy) is 1. The van der Waals surface area contributed by atoms with E-state index >= 15 is 0 Å². The highest BCUT2D eigenvalue weighted by Crippen LogP contribution is 2.23. The van der Waals surface area contributed by atoms with Crippen LogP contribution in [0, 0.1) is 5.82 Å². The fraction of sp³-hybridized carbons (Fsp3) is 0.462. The van der Waals surface area contributed by atoms with E-state index in [2.05, 4.69) is 5.16 Å². The number of nitrogens with two attached hydrogens (primary N) is 1. The molecule has 1 fully saturated rings. The largest absolute Gasteiger partial charge is 0.409 e. The van der Waals surface area contributed by atoms with E-state index in [0.29, 0.717) is 17.8 Å². The first-order valence-electron chi connectivity index (χ1n) is 6.22. The number of rotatable bonds is 4. The zero-order chi connectivity index (χ0) is 13.8. The topological polar surface area (TPSA) is 71.1 Å². The van der Waals surface area contributed by atoms with Crippen molar-refractivity contribution in [1.29, 1.82) is 0 Å². The fourth-order valence-corrected chi connectivity index (χ4v) is 2.29. The molecule has 1 aromatic rings. The molecule has 1 aliphatic heterocycles. The first-order chi connectivity index (χ1) is 9.11. The first-order valence-corrected chi connectivity index (χ1v) is 6.22. The second kappa shape index (κ2) is 5.88. The van der Waals surface area contributed by atoms with E-state index in [1.54, 1.807) is 6.07 Å². The van der Waals surface area contributed by atoms with Crippen molar-refractivity contribution in [3.05, 3.63) is 29.6 Å². The van der Waals surface area contributed by atoms with Crippen LogP contribution in [0.2, 0.25) is 0 Å². The third kappa shape index (κ3) is 3.14. The minimum atomic E-state index is -0.420. The fourth-order valence-electron chi connectivity index (χ4n) is 2.29. The third-order valence-electron chi connectivity index (χ3n) is 3.26. The molecule has 0 saturated carbocycles. The number of likely N-dealkylation sites (N-methyl/N-ethyl adjacent to an activating group) is 1. The van der Waals surface area contributed by atoms with Crippen molar-refractivity contribution in [2.45, 2.75) is 18.9 Å². The van der Waals surface area contributed by atoms with Gasteiger partial charge in [-0.05, 0) is 31.0 Å². The minimum Gasteiger partial charge on any atom is -0.409 e. The van der Waals surface area contributed by atoms with Crippen LogP contribution in [0.3, 0.4) is 0 Å². The molecule has 6 heteroatoms. The third-order valence-corrected chi connectivity index (χ3v) is 3.26. The Hall–Kier alpha value is -1.82. The Morgan fingerprint density at radius 2 is 2.42 bits per heavy atom. The van der Waals surface area contributed by atoms with Gasteiger partial charge in [-0.3, -0.25) is 0 Å². The van der Waals surface area contributed by atoms with Gasteiger partial charge >= 0.3 is 0 Å². The van der Waals surface area contributed by atoms with Gasteiger partial charge in [-0.15, -0.1) is 0 Å². The van der Waals surface area contributed by atoms with Gasteiger partial charge in [0.05, 0.1) is 6.10 Å². The minimum absolute atomic E-state index is 0.103. The predicted octanol–water partition coefficient (Wildman–Crippen LogP) is 1.54. The lowest BCUT2D eigenvalue weighted by molar-refractivity contribution is 0.116. The molecule has 0 aromatic heterocycles. The quantitative estimate of drug-likeness (QED) is 0.376. The van der Waals surface area contributed by atoms with Gasteiger partial charge in [0.2, 0.25) is 0 Å². The smallest absolute Gasteiger partial charge is 0.172 e. The van der Waals surface area contributed by atoms with E-state index in [4.69, 9.17) is 15.7 Å². The molecular weight excluding hydrogens is 249 g/mol. The van der Waals surface area contributed by atoms with Crippen LogP contribution >= 0.6 is 0 Å². The number of oxime groups is 1. The molecule has 0 spiro atoms. The second-order valence-electron chi connectivity index (χ2n) is 4.66. The van der Waals surface area contributed by atoms with E-state index in [1.807, 2.05) is 11.9 Å². The Labute approximate surface area is 111 Å². The monoisotopic (exact) mass is 267 g/mol. The molecule has 0 amide bonds. The number of benzene rings is 1. The summed E-state index contributed by atoms with van der Waals surface area (Å²) in [6.07, 6.45) is 2.26. The van der Waals surface area contributed by atoms with Gasteiger partial charge in [-0.2, -0.15) is 0 Å². The zero-order valence-electron chi connectivity index (χ0n) is 10.8. The molecule has 1 aliphatic rings. The Balaban J connectivity index is 2.22. The molecule has 1 aromatic carbocycles. The Morgan fingerprint density at radius 3 is 3.05 bits per heavy atom. The maximum Gasteiger partial charge on any atom is 0.172 e. The van der Waals surface area contributed by atoms with Crippen LogP contribution < -0.4 is 10.6 Å². The maximum atomic E-state index is 13.3. The Bertz CT molecular complexity index is 473. The number of hydrogen-bond donors (Lipinski definition) is 2. The number of anilines is 1. The second-order valence-corrected chi connectivity index (χ2v) is 4.66. The predicted molar refractivity (Wildman–Crippen MR) is 71.2 cm³/mol. The summed E-state index contributed by atoms with van der Waals surface area (Å²) in [6, 6.07) is 4.24. The lowest BCUT2D eigenvalue weighted by Gasteiger charge is -2.24. The lowest BCUT2D eigenvalue weighted by atomic mass is 10.1. The molecule has 19 heavy (non-hydrogen) atoms. The summed E-state index contributed by atoms with van der Waals surface area (Å²) in [4.78, 5) is 1.93. The van der Waals surface area contributed by atoms with Gasteiger partial charge in [-0.25, -0.2) is 4.39 Å². The van der Waals surface area contributed by atoms with Crippen LogP contribution in [-0.2, 0) is 4.74 Å². The van der Waals surface area contributed by atoms with Crippen LogP contribution in [0.1, 0.15) is 18.4 Å². The first kappa shape index (κ1) is 13.6. The highest BCUT2D eigenvalue weighted by atomic mass is 19.1. The van der Waals surface area contributed by atoms with Gasteiger partial charge in [0.1, 0.15) is 5.82 Å². The van der Waals surface area contributed by atoms with Gasteiger partial charge in [-0.1, -0.05) is 5.16 Å². The van der Waals surface area contributed by atoms with Crippen molar-refractivity contribution >= 4 is 11.5 Å². The van der Waals surface area contributed by atoms with E-state index in [9.17, 15) is 4.39 Å². The summed E-state index contributed by atoms with van der Waals surface area (Å²) in [5.41, 5.74) is 6.68. The van der Waals surface area contributed by atoms with Crippen molar-refractivity contribution in [1.82, 2.24) is 0 Å². The average Bonchev–Trinajstić information content (AvgIpc) is 2.90. The van der Waals surface area contributed by atoms with E-state index in [1.165, 1.54) is 12.1 Å². The molecule has 0 aliphatic carbocycles. The number of nitrogens with zero attached hydrogens (tertiary/aromatic N) is 2. The molecular formula is C13H18FN3O2. The maximum absolute atomic E-state index is 13.3. The summed E-state index contributed by atoms with van der Waals surface area (Å²) in [7, 11) is 1.88. The highest BCUT2D eigenvalue weighted by Gasteiger charge is 2.20. The summed E-state index contributed by atoms with van der Waals surface area (Å²) in [5.74, 6) is -0.524. The van der Waals surface area contributed by atoms with Crippen molar-refractivity contribution < 1.29 is 14.3 Å². The normalized spacial score (nSPS) is 19.7. The van der Waals surface area contributed by atoms with E-state index in [-0.39, 0.29) is 11.9 Å². The van der Waals surface area contributed by atoms with Gasteiger partial charge in [0, 0.05) is 31.5 Å². The molecule has 3 N–H and O–H groups in total. The van der Waals surface area contributed by atoms with Crippen molar-refractivity contribution in [3.63, 3.8) is 0 Å². The van der Waals surface area contributed by atoms with Crippen LogP contribution in [-0.4, -0.2) is 37.3 Å². The molecule has 1 unspecified atom stereocenters. The number of amidine groups is 1. The van der Waals surface area contributed by atoms with Crippen LogP contribution in [0.25, 0.3) is 0 Å². The summed E-state index contributed by atoms with van der Waals surface area (Å²) in [5, 5.41) is 11.7. The molecule has 1 saturated heterocycles. The highest BCUT2D eigenvalue weighted by molar-refractivity contribution is 6.02. The molecule has 2 rings (SSSR count). The summed E-state index contributed by atoms with van der Waals surface area (Å²) < 4.78 is 18.8. The SMILES string of the molecule is CN(CC1CCCO1)c1ccc(F)cc1C(N)=NO. The van der Waals surface area contributed by atoms with E-state index in [0.717, 1.165) is 19.4 Å². The Morgan fingerprint density at radius 1 is 1.63 bits per heavy atom. The van der Waals surface area contributed by atoms with Crippen molar-refractivity contribution in [2.24, 2.45) is 10.9 Å². The summed E-state index contributed by atoms with van der Waals surface area (Å²) >= 11 is 0. The molecule has 1 atom stereocenters. The molecule has 104 valence electrons. The van der Waals surface area contributed by atoms with Gasteiger partial charge in [0.15, 0.2) is 5.84 Å². The molecule has 1 heterocycles. The van der Waals surface area contributed by atoms with Crippen LogP contribution in [0.15, 0.2) is 23.4 Å². The van der Waals surface area contributed by atoms with Gasteiger partial charge < -0.3 is 20.6 Å². The molecule has 0 radical (unpaired) electrons. The summed E-state index contributed by atoms with van der Waals surface area (Å²) in [6.45, 7) is 1.48. The Kier molecular flexibility index (Phi) is 4.21. The van der Waals surface area contributed by atoms with Crippen LogP contribution in [0.5, 0.6) is 0 Å². The van der Waals surface area contributed by atoms with Crippen LogP contribution in [0.4, 0.5) is 10.1 Å².